The minimum atomic E-state index is 0.269. The third kappa shape index (κ3) is 3.66. The van der Waals surface area contributed by atoms with Gasteiger partial charge in [0, 0.05) is 5.92 Å². The molecule has 0 aliphatic heterocycles. The number of aliphatic hydroxyl groups is 1. The van der Waals surface area contributed by atoms with Gasteiger partial charge in [0.2, 0.25) is 0 Å². The van der Waals surface area contributed by atoms with E-state index in [-0.39, 0.29) is 5.92 Å². The third-order valence-electron chi connectivity index (χ3n) is 2.02. The third-order valence-corrected chi connectivity index (χ3v) is 2.02. The van der Waals surface area contributed by atoms with Crippen molar-refractivity contribution in [2.45, 2.75) is 19.8 Å². The van der Waals surface area contributed by atoms with Crippen LogP contribution >= 0.6 is 0 Å². The summed E-state index contributed by atoms with van der Waals surface area (Å²) in [6.07, 6.45) is 3.98. The average Bonchev–Trinajstić information content (AvgIpc) is 2.17. The smallest absolute Gasteiger partial charge is 0.107 e. The molecule has 1 unspecified atom stereocenters. The highest BCUT2D eigenvalue weighted by atomic mass is 16.2. The van der Waals surface area contributed by atoms with E-state index in [0.717, 1.165) is 12.8 Å². The van der Waals surface area contributed by atoms with Gasteiger partial charge in [0.1, 0.15) is 6.11 Å². The molecule has 0 saturated carbocycles. The Labute approximate surface area is 79.4 Å². The summed E-state index contributed by atoms with van der Waals surface area (Å²) >= 11 is 0. The molecule has 0 aromatic heterocycles. The first-order valence-electron chi connectivity index (χ1n) is 4.51. The standard InChI is InChI=1S/C12H14O/c1-11(9-10-13)7-8-12-5-3-2-4-6-12/h2-6,11,13H,7-8H2,1H3. The highest BCUT2D eigenvalue weighted by Gasteiger charge is 1.97. The predicted molar refractivity (Wildman–Crippen MR) is 53.6 cm³/mol. The molecule has 68 valence electrons. The van der Waals surface area contributed by atoms with Gasteiger partial charge in [0.05, 0.1) is 0 Å². The summed E-state index contributed by atoms with van der Waals surface area (Å²) in [5.41, 5.74) is 1.33. The number of aliphatic hydroxyl groups excluding tert-OH is 1. The van der Waals surface area contributed by atoms with Gasteiger partial charge in [0.25, 0.3) is 0 Å². The van der Waals surface area contributed by atoms with E-state index in [1.807, 2.05) is 31.2 Å². The van der Waals surface area contributed by atoms with Crippen molar-refractivity contribution in [3.63, 3.8) is 0 Å². The SMILES string of the molecule is CC(C#CO)CCc1ccccc1. The number of rotatable bonds is 3. The molecule has 0 bridgehead atoms. The largest absolute Gasteiger partial charge is 0.462 e. The molecular formula is C12H14O. The van der Waals surface area contributed by atoms with E-state index in [2.05, 4.69) is 18.1 Å². The summed E-state index contributed by atoms with van der Waals surface area (Å²) in [7, 11) is 0. The highest BCUT2D eigenvalue weighted by Crippen LogP contribution is 2.08. The molecule has 1 rings (SSSR count). The Morgan fingerprint density at radius 1 is 1.31 bits per heavy atom. The van der Waals surface area contributed by atoms with Crippen LogP contribution in [-0.2, 0) is 6.42 Å². The molecule has 0 fully saturated rings. The van der Waals surface area contributed by atoms with Gasteiger partial charge in [-0.2, -0.15) is 0 Å². The van der Waals surface area contributed by atoms with Crippen LogP contribution < -0.4 is 0 Å². The van der Waals surface area contributed by atoms with Crippen molar-refractivity contribution in [2.24, 2.45) is 5.92 Å². The van der Waals surface area contributed by atoms with E-state index in [0.29, 0.717) is 0 Å². The molecule has 1 aromatic carbocycles. The summed E-state index contributed by atoms with van der Waals surface area (Å²) in [5.74, 6) is 2.99. The maximum atomic E-state index is 8.37. The molecule has 0 amide bonds. The van der Waals surface area contributed by atoms with Gasteiger partial charge < -0.3 is 5.11 Å². The van der Waals surface area contributed by atoms with Crippen LogP contribution in [0.5, 0.6) is 0 Å². The Hall–Kier alpha value is -1.42. The fourth-order valence-corrected chi connectivity index (χ4v) is 1.21. The summed E-state index contributed by atoms with van der Waals surface area (Å²) < 4.78 is 0. The van der Waals surface area contributed by atoms with Crippen LogP contribution in [0.25, 0.3) is 0 Å². The Bertz CT molecular complexity index is 292. The van der Waals surface area contributed by atoms with Crippen molar-refractivity contribution in [3.8, 4) is 12.0 Å². The molecule has 13 heavy (non-hydrogen) atoms. The normalized spacial score (nSPS) is 11.5. The maximum Gasteiger partial charge on any atom is 0.107 e. The van der Waals surface area contributed by atoms with E-state index in [9.17, 15) is 0 Å². The summed E-state index contributed by atoms with van der Waals surface area (Å²) in [5, 5.41) is 8.37. The van der Waals surface area contributed by atoms with Gasteiger partial charge in [-0.1, -0.05) is 43.2 Å². The van der Waals surface area contributed by atoms with E-state index in [1.165, 1.54) is 5.56 Å². The average molecular weight is 174 g/mol. The second-order valence-electron chi connectivity index (χ2n) is 3.18. The van der Waals surface area contributed by atoms with Gasteiger partial charge in [-0.3, -0.25) is 0 Å². The highest BCUT2D eigenvalue weighted by molar-refractivity contribution is 5.15. The van der Waals surface area contributed by atoms with E-state index in [4.69, 9.17) is 5.11 Å². The van der Waals surface area contributed by atoms with Crippen molar-refractivity contribution in [2.75, 3.05) is 0 Å². The van der Waals surface area contributed by atoms with E-state index < -0.39 is 0 Å². The lowest BCUT2D eigenvalue weighted by Gasteiger charge is -2.02. The molecular weight excluding hydrogens is 160 g/mol. The van der Waals surface area contributed by atoms with Gasteiger partial charge in [0.15, 0.2) is 0 Å². The Morgan fingerprint density at radius 3 is 2.62 bits per heavy atom. The summed E-state index contributed by atoms with van der Waals surface area (Å²) in [6.45, 7) is 2.02. The van der Waals surface area contributed by atoms with Crippen LogP contribution in [0.1, 0.15) is 18.9 Å². The lowest BCUT2D eigenvalue weighted by molar-refractivity contribution is 0.512. The van der Waals surface area contributed by atoms with Crippen LogP contribution in [0.2, 0.25) is 0 Å². The zero-order valence-corrected chi connectivity index (χ0v) is 7.83. The zero-order valence-electron chi connectivity index (χ0n) is 7.83. The Balaban J connectivity index is 2.38. The first kappa shape index (κ1) is 9.67. The van der Waals surface area contributed by atoms with E-state index in [1.54, 1.807) is 0 Å². The molecule has 0 aliphatic carbocycles. The van der Waals surface area contributed by atoms with Crippen LogP contribution in [0.15, 0.2) is 30.3 Å². The molecule has 1 heteroatoms. The number of benzene rings is 1. The van der Waals surface area contributed by atoms with Gasteiger partial charge >= 0.3 is 0 Å². The molecule has 0 spiro atoms. The molecule has 0 heterocycles. The van der Waals surface area contributed by atoms with Gasteiger partial charge in [-0.15, -0.1) is 0 Å². The fourth-order valence-electron chi connectivity index (χ4n) is 1.21. The molecule has 0 aliphatic rings. The van der Waals surface area contributed by atoms with Crippen molar-refractivity contribution in [3.05, 3.63) is 35.9 Å². The second-order valence-corrected chi connectivity index (χ2v) is 3.18. The van der Waals surface area contributed by atoms with Gasteiger partial charge in [-0.25, -0.2) is 0 Å². The zero-order chi connectivity index (χ0) is 9.52. The number of aryl methyl sites for hydroxylation is 1. The summed E-state index contributed by atoms with van der Waals surface area (Å²) in [6, 6.07) is 10.3. The Morgan fingerprint density at radius 2 is 2.00 bits per heavy atom. The maximum absolute atomic E-state index is 8.37. The van der Waals surface area contributed by atoms with Crippen LogP contribution in [0, 0.1) is 17.9 Å². The topological polar surface area (TPSA) is 20.2 Å². The molecule has 1 aromatic rings. The molecule has 1 atom stereocenters. The van der Waals surface area contributed by atoms with Crippen molar-refractivity contribution >= 4 is 0 Å². The minimum absolute atomic E-state index is 0.269. The quantitative estimate of drug-likeness (QED) is 0.698. The molecule has 0 saturated heterocycles. The number of hydrogen-bond donors (Lipinski definition) is 1. The molecule has 1 nitrogen and oxygen atoms in total. The van der Waals surface area contributed by atoms with Crippen molar-refractivity contribution in [1.82, 2.24) is 0 Å². The van der Waals surface area contributed by atoms with Crippen molar-refractivity contribution in [1.29, 1.82) is 0 Å². The predicted octanol–water partition coefficient (Wildman–Crippen LogP) is 2.59. The van der Waals surface area contributed by atoms with Crippen LogP contribution in [0.3, 0.4) is 0 Å². The van der Waals surface area contributed by atoms with Crippen molar-refractivity contribution < 1.29 is 5.11 Å². The first-order valence-corrected chi connectivity index (χ1v) is 4.51. The van der Waals surface area contributed by atoms with Crippen LogP contribution in [-0.4, -0.2) is 5.11 Å². The first-order chi connectivity index (χ1) is 6.33. The van der Waals surface area contributed by atoms with E-state index >= 15 is 0 Å². The number of hydrogen-bond acceptors (Lipinski definition) is 1. The summed E-state index contributed by atoms with van der Waals surface area (Å²) in [4.78, 5) is 0. The molecule has 0 radical (unpaired) electrons. The fraction of sp³-hybridized carbons (Fsp3) is 0.333. The Kier molecular flexibility index (Phi) is 3.92. The lowest BCUT2D eigenvalue weighted by atomic mass is 10.0. The minimum Gasteiger partial charge on any atom is -0.462 e. The molecule has 1 N–H and O–H groups in total. The lowest BCUT2D eigenvalue weighted by Crippen LogP contribution is -1.93. The second kappa shape index (κ2) is 5.27. The van der Waals surface area contributed by atoms with Crippen LogP contribution in [0.4, 0.5) is 0 Å². The van der Waals surface area contributed by atoms with Gasteiger partial charge in [-0.05, 0) is 18.4 Å². The monoisotopic (exact) mass is 174 g/mol.